The molecular formula is C28H25Cl3N6O. The van der Waals surface area contributed by atoms with Crippen LogP contribution in [-0.2, 0) is 6.61 Å². The molecule has 0 aliphatic carbocycles. The molecule has 194 valence electrons. The Hall–Kier alpha value is -4.04. The summed E-state index contributed by atoms with van der Waals surface area (Å²) in [7, 11) is 0. The second-order valence-corrected chi connectivity index (χ2v) is 8.35. The average Bonchev–Trinajstić information content (AvgIpc) is 3.51. The predicted molar refractivity (Wildman–Crippen MR) is 160 cm³/mol. The Morgan fingerprint density at radius 2 is 1.29 bits per heavy atom. The summed E-state index contributed by atoms with van der Waals surface area (Å²) < 4.78 is 5.89. The molecule has 0 radical (unpaired) electrons. The van der Waals surface area contributed by atoms with Gasteiger partial charge < -0.3 is 20.4 Å². The highest BCUT2D eigenvalue weighted by atomic mass is 35.5. The summed E-state index contributed by atoms with van der Waals surface area (Å²) in [6, 6.07) is 29.6. The van der Waals surface area contributed by atoms with Crippen molar-refractivity contribution < 1.29 is 4.74 Å². The summed E-state index contributed by atoms with van der Waals surface area (Å²) in [5.74, 6) is 2.39. The topological polar surface area (TPSA) is 116 Å². The quantitative estimate of drug-likeness (QED) is 0.129. The molecule has 0 amide bonds. The molecule has 0 spiro atoms. The first-order valence-electron chi connectivity index (χ1n) is 11.2. The van der Waals surface area contributed by atoms with Crippen molar-refractivity contribution in [3.05, 3.63) is 102 Å². The Morgan fingerprint density at radius 1 is 0.711 bits per heavy atom. The summed E-state index contributed by atoms with van der Waals surface area (Å²) in [6.45, 7) is 0.533. The van der Waals surface area contributed by atoms with Gasteiger partial charge in [0.2, 0.25) is 0 Å². The monoisotopic (exact) mass is 566 g/mol. The number of H-pyrrole nitrogens is 2. The predicted octanol–water partition coefficient (Wildman–Crippen LogP) is 6.90. The minimum Gasteiger partial charge on any atom is -0.489 e. The summed E-state index contributed by atoms with van der Waals surface area (Å²) in [5.41, 5.74) is 12.8. The molecule has 10 heteroatoms. The number of aromatic nitrogens is 4. The number of amidine groups is 1. The van der Waals surface area contributed by atoms with Crippen LogP contribution in [0.3, 0.4) is 0 Å². The van der Waals surface area contributed by atoms with Gasteiger partial charge in [-0.3, -0.25) is 5.41 Å². The molecule has 0 atom stereocenters. The number of benzene rings is 4. The van der Waals surface area contributed by atoms with Crippen LogP contribution >= 0.6 is 37.2 Å². The Bertz CT molecular complexity index is 1680. The number of hydrogen-bond acceptors (Lipinski definition) is 4. The maximum Gasteiger partial charge on any atom is 0.138 e. The fourth-order valence-corrected chi connectivity index (χ4v) is 4.06. The van der Waals surface area contributed by atoms with Crippen LogP contribution in [0.5, 0.6) is 5.75 Å². The summed E-state index contributed by atoms with van der Waals surface area (Å²) in [5, 5.41) is 7.64. The lowest BCUT2D eigenvalue weighted by molar-refractivity contribution is 0.306. The first-order chi connectivity index (χ1) is 17.1. The zero-order valence-corrected chi connectivity index (χ0v) is 22.4. The number of imidazole rings is 2. The lowest BCUT2D eigenvalue weighted by Gasteiger charge is -2.06. The van der Waals surface area contributed by atoms with E-state index in [-0.39, 0.29) is 43.1 Å². The van der Waals surface area contributed by atoms with E-state index in [0.29, 0.717) is 12.2 Å². The molecule has 4 aromatic carbocycles. The van der Waals surface area contributed by atoms with Gasteiger partial charge in [0.1, 0.15) is 29.8 Å². The van der Waals surface area contributed by atoms with Crippen LogP contribution in [-0.4, -0.2) is 25.8 Å². The number of nitrogen functional groups attached to an aromatic ring is 1. The Morgan fingerprint density at radius 3 is 1.95 bits per heavy atom. The van der Waals surface area contributed by atoms with Gasteiger partial charge in [-0.2, -0.15) is 0 Å². The standard InChI is InChI=1S/C28H22N6O.3ClH/c29-26(30)19-8-12-22-24(14-19)34-28(32-22)20-9-13-23-25(15-20)33-27(31-23)18-6-10-21(11-7-18)35-16-17-4-2-1-3-5-17;;;/h1-15H,16H2,(H3,29,30)(H,31,33)(H,32,34);3*1H. The molecule has 0 saturated carbocycles. The lowest BCUT2D eigenvalue weighted by Crippen LogP contribution is -2.10. The molecule has 2 aromatic heterocycles. The van der Waals surface area contributed by atoms with Crippen LogP contribution in [0.2, 0.25) is 0 Å². The highest BCUT2D eigenvalue weighted by molar-refractivity contribution is 5.98. The largest absolute Gasteiger partial charge is 0.489 e. The van der Waals surface area contributed by atoms with Gasteiger partial charge in [-0.15, -0.1) is 37.2 Å². The molecule has 2 heterocycles. The van der Waals surface area contributed by atoms with Crippen molar-refractivity contribution in [2.75, 3.05) is 0 Å². The third-order valence-electron chi connectivity index (χ3n) is 5.92. The van der Waals surface area contributed by atoms with Crippen LogP contribution < -0.4 is 10.5 Å². The van der Waals surface area contributed by atoms with Gasteiger partial charge in [0.05, 0.1) is 22.1 Å². The fourth-order valence-electron chi connectivity index (χ4n) is 4.06. The maximum atomic E-state index is 7.64. The molecule has 0 bridgehead atoms. The van der Waals surface area contributed by atoms with Crippen LogP contribution in [0.25, 0.3) is 44.8 Å². The number of nitrogens with two attached hydrogens (primary N) is 1. The SMILES string of the molecule is Cl.Cl.Cl.N=C(N)c1ccc2nc(-c3ccc4nc(-c5ccc(OCc6ccccc6)cc5)[nH]c4c3)[nH]c2c1. The number of halogens is 3. The molecule has 6 rings (SSSR count). The molecule has 38 heavy (non-hydrogen) atoms. The molecule has 6 aromatic rings. The van der Waals surface area contributed by atoms with Gasteiger partial charge >= 0.3 is 0 Å². The molecule has 0 saturated heterocycles. The number of nitrogens with one attached hydrogen (secondary N) is 3. The van der Waals surface area contributed by atoms with Crippen LogP contribution in [0.1, 0.15) is 11.1 Å². The molecule has 0 aliphatic rings. The van der Waals surface area contributed by atoms with E-state index in [0.717, 1.165) is 56.2 Å². The van der Waals surface area contributed by atoms with Crippen LogP contribution in [0.15, 0.2) is 91.0 Å². The van der Waals surface area contributed by atoms with Crippen molar-refractivity contribution in [3.63, 3.8) is 0 Å². The van der Waals surface area contributed by atoms with E-state index >= 15 is 0 Å². The zero-order chi connectivity index (χ0) is 23.8. The maximum absolute atomic E-state index is 7.64. The molecule has 0 unspecified atom stereocenters. The molecule has 0 aliphatic heterocycles. The van der Waals surface area contributed by atoms with Gasteiger partial charge in [0.15, 0.2) is 0 Å². The van der Waals surface area contributed by atoms with Crippen molar-refractivity contribution in [2.24, 2.45) is 5.73 Å². The first-order valence-corrected chi connectivity index (χ1v) is 11.2. The van der Waals surface area contributed by atoms with E-state index in [1.807, 2.05) is 84.9 Å². The smallest absolute Gasteiger partial charge is 0.138 e. The van der Waals surface area contributed by atoms with E-state index in [1.54, 1.807) is 6.07 Å². The molecule has 5 N–H and O–H groups in total. The lowest BCUT2D eigenvalue weighted by atomic mass is 10.2. The number of rotatable bonds is 6. The highest BCUT2D eigenvalue weighted by Crippen LogP contribution is 2.27. The van der Waals surface area contributed by atoms with Crippen molar-refractivity contribution in [2.45, 2.75) is 6.61 Å². The van der Waals surface area contributed by atoms with Crippen molar-refractivity contribution in [3.8, 4) is 28.5 Å². The van der Waals surface area contributed by atoms with Crippen molar-refractivity contribution in [1.82, 2.24) is 19.9 Å². The van der Waals surface area contributed by atoms with Crippen LogP contribution in [0, 0.1) is 5.41 Å². The van der Waals surface area contributed by atoms with Crippen molar-refractivity contribution in [1.29, 1.82) is 5.41 Å². The number of hydrogen-bond donors (Lipinski definition) is 4. The minimum atomic E-state index is 0. The van der Waals surface area contributed by atoms with E-state index < -0.39 is 0 Å². The Balaban J connectivity index is 0.00000133. The third-order valence-corrected chi connectivity index (χ3v) is 5.92. The average molecular weight is 568 g/mol. The number of nitrogens with zero attached hydrogens (tertiary/aromatic N) is 2. The summed E-state index contributed by atoms with van der Waals surface area (Å²) in [6.07, 6.45) is 0. The number of aromatic amines is 2. The fraction of sp³-hybridized carbons (Fsp3) is 0.0357. The third kappa shape index (κ3) is 5.75. The zero-order valence-electron chi connectivity index (χ0n) is 20.0. The van der Waals surface area contributed by atoms with Gasteiger partial charge in [-0.1, -0.05) is 30.3 Å². The number of ether oxygens (including phenoxy) is 1. The van der Waals surface area contributed by atoms with Gasteiger partial charge in [-0.25, -0.2) is 9.97 Å². The van der Waals surface area contributed by atoms with Crippen molar-refractivity contribution >= 4 is 65.1 Å². The first kappa shape index (κ1) is 28.5. The summed E-state index contributed by atoms with van der Waals surface area (Å²) >= 11 is 0. The van der Waals surface area contributed by atoms with E-state index in [2.05, 4.69) is 15.0 Å². The van der Waals surface area contributed by atoms with E-state index in [9.17, 15) is 0 Å². The van der Waals surface area contributed by atoms with Gasteiger partial charge in [-0.05, 0) is 66.2 Å². The summed E-state index contributed by atoms with van der Waals surface area (Å²) in [4.78, 5) is 16.2. The normalized spacial score (nSPS) is 10.3. The molecule has 0 fully saturated rings. The molecular weight excluding hydrogens is 543 g/mol. The van der Waals surface area contributed by atoms with Gasteiger partial charge in [0, 0.05) is 16.7 Å². The Labute approximate surface area is 237 Å². The second-order valence-electron chi connectivity index (χ2n) is 8.35. The van der Waals surface area contributed by atoms with Crippen LogP contribution in [0.4, 0.5) is 0 Å². The van der Waals surface area contributed by atoms with E-state index in [4.69, 9.17) is 20.9 Å². The van der Waals surface area contributed by atoms with Gasteiger partial charge in [0.25, 0.3) is 0 Å². The Kier molecular flexibility index (Phi) is 9.01. The van der Waals surface area contributed by atoms with E-state index in [1.165, 1.54) is 0 Å². The molecule has 7 nitrogen and oxygen atoms in total. The second kappa shape index (κ2) is 12.0. The highest BCUT2D eigenvalue weighted by Gasteiger charge is 2.11. The minimum absolute atomic E-state index is 0. The number of fused-ring (bicyclic) bond motifs is 2.